The summed E-state index contributed by atoms with van der Waals surface area (Å²) in [7, 11) is 0. The Kier molecular flexibility index (Phi) is 4.05. The molecule has 2 aliphatic rings. The Morgan fingerprint density at radius 3 is 2.04 bits per heavy atom. The van der Waals surface area contributed by atoms with Crippen LogP contribution in [0.5, 0.6) is 11.5 Å². The summed E-state index contributed by atoms with van der Waals surface area (Å²) in [6, 6.07) is 15.8. The summed E-state index contributed by atoms with van der Waals surface area (Å²) in [5.74, 6) is 1.68. The molecule has 2 heterocycles. The monoisotopic (exact) mass is 313 g/mol. The first-order valence-electron chi connectivity index (χ1n) is 7.85. The third-order valence-corrected chi connectivity index (χ3v) is 3.76. The first-order valence-corrected chi connectivity index (χ1v) is 7.85. The van der Waals surface area contributed by atoms with Crippen molar-refractivity contribution in [2.75, 3.05) is 25.1 Å². The van der Waals surface area contributed by atoms with E-state index in [1.54, 1.807) is 0 Å². The fourth-order valence-electron chi connectivity index (χ4n) is 2.23. The Hall–Kier alpha value is -2.24. The van der Waals surface area contributed by atoms with E-state index >= 15 is 0 Å². The molecule has 2 unspecified atom stereocenters. The van der Waals surface area contributed by atoms with Crippen LogP contribution in [0.4, 0.5) is 11.4 Å². The quantitative estimate of drug-likeness (QED) is 0.795. The fraction of sp³-hybridized carbons (Fsp3) is 0.333. The Bertz CT molecular complexity index is 633. The van der Waals surface area contributed by atoms with Crippen molar-refractivity contribution in [3.63, 3.8) is 0 Å². The van der Waals surface area contributed by atoms with Crippen LogP contribution in [0.3, 0.4) is 0 Å². The SMILES string of the molecule is c1cc(OCC2CO2)ccc1Nc1ccc(OC2CCO2)cc1. The van der Waals surface area contributed by atoms with E-state index in [9.17, 15) is 0 Å². The largest absolute Gasteiger partial charge is 0.491 e. The molecule has 1 N–H and O–H groups in total. The van der Waals surface area contributed by atoms with Gasteiger partial charge in [-0.15, -0.1) is 0 Å². The van der Waals surface area contributed by atoms with E-state index in [4.69, 9.17) is 18.9 Å². The number of hydrogen-bond donors (Lipinski definition) is 1. The summed E-state index contributed by atoms with van der Waals surface area (Å²) >= 11 is 0. The number of hydrogen-bond acceptors (Lipinski definition) is 5. The molecule has 2 aromatic rings. The van der Waals surface area contributed by atoms with Crippen molar-refractivity contribution in [3.05, 3.63) is 48.5 Å². The lowest BCUT2D eigenvalue weighted by Gasteiger charge is -2.26. The van der Waals surface area contributed by atoms with Gasteiger partial charge in [0.05, 0.1) is 13.2 Å². The summed E-state index contributed by atoms with van der Waals surface area (Å²) in [5, 5.41) is 3.35. The predicted molar refractivity (Wildman–Crippen MR) is 86.4 cm³/mol. The van der Waals surface area contributed by atoms with Gasteiger partial charge in [-0.25, -0.2) is 0 Å². The third kappa shape index (κ3) is 3.94. The average molecular weight is 313 g/mol. The van der Waals surface area contributed by atoms with Gasteiger partial charge in [0.1, 0.15) is 24.2 Å². The van der Waals surface area contributed by atoms with Crippen LogP contribution in [-0.2, 0) is 9.47 Å². The summed E-state index contributed by atoms with van der Waals surface area (Å²) in [4.78, 5) is 0. The van der Waals surface area contributed by atoms with Crippen LogP contribution in [0.1, 0.15) is 6.42 Å². The standard InChI is InChI=1S/C18H19NO4/c1-5-15(21-11-17-12-22-17)6-2-13(1)19-14-3-7-16(8-4-14)23-18-9-10-20-18/h1-8,17-19H,9-12H2. The van der Waals surface area contributed by atoms with E-state index in [0.717, 1.165) is 42.5 Å². The van der Waals surface area contributed by atoms with Crippen LogP contribution in [0.15, 0.2) is 48.5 Å². The van der Waals surface area contributed by atoms with Gasteiger partial charge in [-0.05, 0) is 48.5 Å². The van der Waals surface area contributed by atoms with E-state index in [0.29, 0.717) is 6.61 Å². The second kappa shape index (κ2) is 6.48. The van der Waals surface area contributed by atoms with Gasteiger partial charge in [0.25, 0.3) is 0 Å². The molecule has 2 aromatic carbocycles. The van der Waals surface area contributed by atoms with Crippen molar-refractivity contribution in [1.82, 2.24) is 0 Å². The van der Waals surface area contributed by atoms with Gasteiger partial charge in [-0.1, -0.05) is 0 Å². The van der Waals surface area contributed by atoms with E-state index in [-0.39, 0.29) is 12.4 Å². The van der Waals surface area contributed by atoms with Crippen molar-refractivity contribution < 1.29 is 18.9 Å². The molecule has 0 bridgehead atoms. The number of benzene rings is 2. The average Bonchev–Trinajstić information content (AvgIpc) is 3.36. The fourth-order valence-corrected chi connectivity index (χ4v) is 2.23. The molecule has 0 aliphatic carbocycles. The van der Waals surface area contributed by atoms with Gasteiger partial charge < -0.3 is 24.3 Å². The van der Waals surface area contributed by atoms with Crippen LogP contribution < -0.4 is 14.8 Å². The Balaban J connectivity index is 1.31. The van der Waals surface area contributed by atoms with E-state index < -0.39 is 0 Å². The minimum Gasteiger partial charge on any atom is -0.491 e. The molecule has 0 radical (unpaired) electrons. The molecule has 5 nitrogen and oxygen atoms in total. The Morgan fingerprint density at radius 2 is 1.52 bits per heavy atom. The summed E-state index contributed by atoms with van der Waals surface area (Å²) < 4.78 is 21.6. The maximum absolute atomic E-state index is 5.65. The molecule has 2 aliphatic heterocycles. The molecule has 4 rings (SSSR count). The lowest BCUT2D eigenvalue weighted by atomic mass is 10.2. The highest BCUT2D eigenvalue weighted by molar-refractivity contribution is 5.61. The molecule has 2 fully saturated rings. The highest BCUT2D eigenvalue weighted by atomic mass is 16.7. The lowest BCUT2D eigenvalue weighted by Crippen LogP contribution is -2.32. The highest BCUT2D eigenvalue weighted by Crippen LogP contribution is 2.24. The highest BCUT2D eigenvalue weighted by Gasteiger charge is 2.23. The molecule has 0 spiro atoms. The Labute approximate surface area is 135 Å². The first-order chi connectivity index (χ1) is 11.3. The van der Waals surface area contributed by atoms with Crippen LogP contribution in [0, 0.1) is 0 Å². The molecule has 23 heavy (non-hydrogen) atoms. The zero-order valence-corrected chi connectivity index (χ0v) is 12.7. The molecular formula is C18H19NO4. The van der Waals surface area contributed by atoms with Crippen molar-refractivity contribution in [1.29, 1.82) is 0 Å². The van der Waals surface area contributed by atoms with Gasteiger partial charge >= 0.3 is 0 Å². The minimum atomic E-state index is -0.0811. The summed E-state index contributed by atoms with van der Waals surface area (Å²) in [6.07, 6.45) is 1.16. The van der Waals surface area contributed by atoms with Crippen molar-refractivity contribution in [2.45, 2.75) is 18.8 Å². The topological polar surface area (TPSA) is 52.2 Å². The third-order valence-electron chi connectivity index (χ3n) is 3.76. The molecule has 0 aromatic heterocycles. The molecule has 2 atom stereocenters. The second-order valence-electron chi connectivity index (χ2n) is 5.65. The zero-order valence-electron chi connectivity index (χ0n) is 12.7. The number of ether oxygens (including phenoxy) is 4. The molecule has 0 amide bonds. The van der Waals surface area contributed by atoms with Crippen LogP contribution in [-0.4, -0.2) is 32.2 Å². The number of nitrogens with one attached hydrogen (secondary N) is 1. The van der Waals surface area contributed by atoms with Gasteiger partial charge in [-0.3, -0.25) is 0 Å². The molecule has 120 valence electrons. The normalized spacial score (nSPS) is 22.1. The predicted octanol–water partition coefficient (Wildman–Crippen LogP) is 3.33. The minimum absolute atomic E-state index is 0.0811. The summed E-state index contributed by atoms with van der Waals surface area (Å²) in [6.45, 7) is 2.23. The molecule has 5 heteroatoms. The van der Waals surface area contributed by atoms with Crippen LogP contribution >= 0.6 is 0 Å². The number of epoxide rings is 1. The summed E-state index contributed by atoms with van der Waals surface area (Å²) in [5.41, 5.74) is 2.02. The van der Waals surface area contributed by atoms with Gasteiger partial charge in [0.15, 0.2) is 0 Å². The first kappa shape index (κ1) is 14.4. The maximum Gasteiger partial charge on any atom is 0.202 e. The van der Waals surface area contributed by atoms with Gasteiger partial charge in [0.2, 0.25) is 6.29 Å². The number of anilines is 2. The second-order valence-corrected chi connectivity index (χ2v) is 5.65. The van der Waals surface area contributed by atoms with Crippen molar-refractivity contribution in [2.24, 2.45) is 0 Å². The van der Waals surface area contributed by atoms with Crippen LogP contribution in [0.2, 0.25) is 0 Å². The van der Waals surface area contributed by atoms with E-state index in [1.807, 2.05) is 48.5 Å². The van der Waals surface area contributed by atoms with Crippen molar-refractivity contribution >= 4 is 11.4 Å². The number of rotatable bonds is 7. The lowest BCUT2D eigenvalue weighted by molar-refractivity contribution is -0.165. The van der Waals surface area contributed by atoms with Crippen LogP contribution in [0.25, 0.3) is 0 Å². The van der Waals surface area contributed by atoms with Gasteiger partial charge in [-0.2, -0.15) is 0 Å². The zero-order chi connectivity index (χ0) is 15.5. The molecule has 2 saturated heterocycles. The Morgan fingerprint density at radius 1 is 0.913 bits per heavy atom. The van der Waals surface area contributed by atoms with E-state index in [1.165, 1.54) is 0 Å². The molecular weight excluding hydrogens is 294 g/mol. The van der Waals surface area contributed by atoms with E-state index in [2.05, 4.69) is 5.32 Å². The smallest absolute Gasteiger partial charge is 0.202 e. The maximum atomic E-state index is 5.65. The van der Waals surface area contributed by atoms with Crippen molar-refractivity contribution in [3.8, 4) is 11.5 Å². The van der Waals surface area contributed by atoms with Gasteiger partial charge in [0, 0.05) is 17.8 Å². The molecule has 0 saturated carbocycles.